The standard InChI is InChI=1S/C18H18BrN3O3S/c1-4-25-17(24)12-9(2)20-15-14(16(23)22-18(21-15)26-3)13(12)10-6-5-7-11(19)8-10/h5-8,13H,4H2,1-3H3,(H2,20,21,22,23). The van der Waals surface area contributed by atoms with E-state index in [0.29, 0.717) is 27.8 Å². The van der Waals surface area contributed by atoms with Crippen LogP contribution in [0.4, 0.5) is 5.82 Å². The molecule has 1 aliphatic heterocycles. The Labute approximate surface area is 163 Å². The van der Waals surface area contributed by atoms with Crippen molar-refractivity contribution in [1.29, 1.82) is 0 Å². The number of aromatic amines is 1. The van der Waals surface area contributed by atoms with Gasteiger partial charge in [0.05, 0.1) is 23.7 Å². The maximum absolute atomic E-state index is 12.8. The van der Waals surface area contributed by atoms with Crippen LogP contribution in [0.3, 0.4) is 0 Å². The summed E-state index contributed by atoms with van der Waals surface area (Å²) in [5.74, 6) is -0.537. The van der Waals surface area contributed by atoms with Crippen molar-refractivity contribution in [2.75, 3.05) is 18.2 Å². The van der Waals surface area contributed by atoms with Gasteiger partial charge in [-0.3, -0.25) is 4.79 Å². The quantitative estimate of drug-likeness (QED) is 0.433. The van der Waals surface area contributed by atoms with Crippen LogP contribution in [0.5, 0.6) is 0 Å². The molecule has 2 N–H and O–H groups in total. The van der Waals surface area contributed by atoms with Crippen LogP contribution < -0.4 is 10.9 Å². The lowest BCUT2D eigenvalue weighted by Crippen LogP contribution is -2.31. The highest BCUT2D eigenvalue weighted by molar-refractivity contribution is 9.10. The second-order valence-corrected chi connectivity index (χ2v) is 7.42. The molecule has 1 aromatic carbocycles. The number of esters is 1. The highest BCUT2D eigenvalue weighted by Gasteiger charge is 2.36. The van der Waals surface area contributed by atoms with Crippen molar-refractivity contribution in [3.05, 3.63) is 61.5 Å². The van der Waals surface area contributed by atoms with E-state index in [9.17, 15) is 9.59 Å². The minimum absolute atomic E-state index is 0.258. The number of fused-ring (bicyclic) bond motifs is 1. The van der Waals surface area contributed by atoms with Crippen LogP contribution >= 0.6 is 27.7 Å². The fourth-order valence-electron chi connectivity index (χ4n) is 3.03. The molecular weight excluding hydrogens is 418 g/mol. The summed E-state index contributed by atoms with van der Waals surface area (Å²) in [5.41, 5.74) is 2.00. The minimum atomic E-state index is -0.560. The third-order valence-corrected chi connectivity index (χ3v) is 5.16. The van der Waals surface area contributed by atoms with Crippen molar-refractivity contribution in [3.8, 4) is 0 Å². The van der Waals surface area contributed by atoms with Gasteiger partial charge in [-0.05, 0) is 37.8 Å². The first-order valence-corrected chi connectivity index (χ1v) is 10.1. The van der Waals surface area contributed by atoms with Gasteiger partial charge in [0.1, 0.15) is 5.82 Å². The Kier molecular flexibility index (Phi) is 5.52. The molecule has 2 heterocycles. The van der Waals surface area contributed by atoms with E-state index >= 15 is 0 Å². The van der Waals surface area contributed by atoms with Gasteiger partial charge in [-0.25, -0.2) is 9.78 Å². The Morgan fingerprint density at radius 1 is 1.42 bits per heavy atom. The summed E-state index contributed by atoms with van der Waals surface area (Å²) in [6.45, 7) is 3.81. The average molecular weight is 436 g/mol. The van der Waals surface area contributed by atoms with Crippen molar-refractivity contribution in [2.45, 2.75) is 24.9 Å². The van der Waals surface area contributed by atoms with Crippen LogP contribution in [-0.4, -0.2) is 28.8 Å². The normalized spacial score (nSPS) is 16.1. The average Bonchev–Trinajstić information content (AvgIpc) is 2.60. The van der Waals surface area contributed by atoms with Crippen LogP contribution in [0.1, 0.15) is 30.9 Å². The molecule has 6 nitrogen and oxygen atoms in total. The summed E-state index contributed by atoms with van der Waals surface area (Å²) in [7, 11) is 0. The summed E-state index contributed by atoms with van der Waals surface area (Å²) in [5, 5.41) is 3.62. The lowest BCUT2D eigenvalue weighted by atomic mass is 9.82. The number of thioether (sulfide) groups is 1. The summed E-state index contributed by atoms with van der Waals surface area (Å²) in [6.07, 6.45) is 1.84. The third-order valence-electron chi connectivity index (χ3n) is 4.09. The number of aromatic nitrogens is 2. The smallest absolute Gasteiger partial charge is 0.336 e. The number of hydrogen-bond acceptors (Lipinski definition) is 6. The van der Waals surface area contributed by atoms with Gasteiger partial charge in [-0.1, -0.05) is 39.8 Å². The molecular formula is C18H18BrN3O3S. The van der Waals surface area contributed by atoms with Crippen LogP contribution in [0.2, 0.25) is 0 Å². The Morgan fingerprint density at radius 2 is 2.19 bits per heavy atom. The predicted octanol–water partition coefficient (Wildman–Crippen LogP) is 3.65. The molecule has 0 saturated heterocycles. The van der Waals surface area contributed by atoms with Crippen LogP contribution in [0.25, 0.3) is 0 Å². The molecule has 0 aliphatic carbocycles. The van der Waals surface area contributed by atoms with E-state index in [0.717, 1.165) is 10.0 Å². The molecule has 1 aliphatic rings. The number of carbonyl (C=O) groups excluding carboxylic acids is 1. The third kappa shape index (κ3) is 3.43. The van der Waals surface area contributed by atoms with Gasteiger partial charge in [-0.2, -0.15) is 0 Å². The van der Waals surface area contributed by atoms with Gasteiger partial charge in [0.2, 0.25) is 0 Å². The van der Waals surface area contributed by atoms with E-state index in [1.54, 1.807) is 13.8 Å². The van der Waals surface area contributed by atoms with Crippen LogP contribution in [-0.2, 0) is 9.53 Å². The fraction of sp³-hybridized carbons (Fsp3) is 0.278. The van der Waals surface area contributed by atoms with Crippen LogP contribution in [0.15, 0.2) is 50.0 Å². The second kappa shape index (κ2) is 7.67. The van der Waals surface area contributed by atoms with E-state index in [4.69, 9.17) is 4.74 Å². The molecule has 3 rings (SSSR count). The Balaban J connectivity index is 2.27. The molecule has 1 unspecified atom stereocenters. The molecule has 1 atom stereocenters. The topological polar surface area (TPSA) is 84.1 Å². The van der Waals surface area contributed by atoms with Crippen molar-refractivity contribution < 1.29 is 9.53 Å². The van der Waals surface area contributed by atoms with Gasteiger partial charge < -0.3 is 15.0 Å². The zero-order chi connectivity index (χ0) is 18.8. The van der Waals surface area contributed by atoms with Gasteiger partial charge in [0.15, 0.2) is 5.16 Å². The Morgan fingerprint density at radius 3 is 2.85 bits per heavy atom. The van der Waals surface area contributed by atoms with E-state index in [2.05, 4.69) is 31.2 Å². The first-order chi connectivity index (χ1) is 12.5. The van der Waals surface area contributed by atoms with E-state index in [-0.39, 0.29) is 12.2 Å². The first kappa shape index (κ1) is 18.7. The molecule has 136 valence electrons. The maximum Gasteiger partial charge on any atom is 0.336 e. The molecule has 2 aromatic rings. The van der Waals surface area contributed by atoms with E-state index in [1.165, 1.54) is 11.8 Å². The number of nitrogens with one attached hydrogen (secondary N) is 2. The number of rotatable bonds is 4. The number of benzene rings is 1. The summed E-state index contributed by atoms with van der Waals surface area (Å²) >= 11 is 4.81. The minimum Gasteiger partial charge on any atom is -0.463 e. The zero-order valence-corrected chi connectivity index (χ0v) is 17.0. The van der Waals surface area contributed by atoms with E-state index in [1.807, 2.05) is 30.5 Å². The first-order valence-electron chi connectivity index (χ1n) is 8.04. The van der Waals surface area contributed by atoms with Crippen molar-refractivity contribution in [3.63, 3.8) is 0 Å². The van der Waals surface area contributed by atoms with E-state index < -0.39 is 11.9 Å². The molecule has 1 aromatic heterocycles. The van der Waals surface area contributed by atoms with Gasteiger partial charge in [0.25, 0.3) is 5.56 Å². The molecule has 0 bridgehead atoms. The number of nitrogens with zero attached hydrogens (tertiary/aromatic N) is 1. The summed E-state index contributed by atoms with van der Waals surface area (Å²) < 4.78 is 6.11. The molecule has 0 saturated carbocycles. The molecule has 0 fully saturated rings. The number of ether oxygens (including phenoxy) is 1. The maximum atomic E-state index is 12.8. The lowest BCUT2D eigenvalue weighted by Gasteiger charge is -2.28. The molecule has 0 spiro atoms. The number of allylic oxidation sites excluding steroid dienone is 1. The Hall–Kier alpha value is -2.06. The largest absolute Gasteiger partial charge is 0.463 e. The predicted molar refractivity (Wildman–Crippen MR) is 106 cm³/mol. The fourth-order valence-corrected chi connectivity index (χ4v) is 3.82. The number of anilines is 1. The Bertz CT molecular complexity index is 955. The summed E-state index contributed by atoms with van der Waals surface area (Å²) in [6, 6.07) is 7.55. The molecule has 26 heavy (non-hydrogen) atoms. The van der Waals surface area contributed by atoms with Gasteiger partial charge >= 0.3 is 5.97 Å². The number of H-pyrrole nitrogens is 1. The number of hydrogen-bond donors (Lipinski definition) is 2. The van der Waals surface area contributed by atoms with Crippen molar-refractivity contribution in [2.24, 2.45) is 0 Å². The zero-order valence-electron chi connectivity index (χ0n) is 14.6. The van der Waals surface area contributed by atoms with Crippen molar-refractivity contribution >= 4 is 39.5 Å². The number of carbonyl (C=O) groups is 1. The highest BCUT2D eigenvalue weighted by Crippen LogP contribution is 2.40. The lowest BCUT2D eigenvalue weighted by molar-refractivity contribution is -0.138. The highest BCUT2D eigenvalue weighted by atomic mass is 79.9. The molecule has 0 radical (unpaired) electrons. The monoisotopic (exact) mass is 435 g/mol. The summed E-state index contributed by atoms with van der Waals surface area (Å²) in [4.78, 5) is 32.7. The van der Waals surface area contributed by atoms with Gasteiger partial charge in [0, 0.05) is 10.2 Å². The van der Waals surface area contributed by atoms with Crippen molar-refractivity contribution in [1.82, 2.24) is 9.97 Å². The SMILES string of the molecule is CCOC(=O)C1=C(C)Nc2nc(SC)[nH]c(=O)c2C1c1cccc(Br)c1. The van der Waals surface area contributed by atoms with Crippen LogP contribution in [0, 0.1) is 0 Å². The van der Waals surface area contributed by atoms with Gasteiger partial charge in [-0.15, -0.1) is 0 Å². The second-order valence-electron chi connectivity index (χ2n) is 5.71. The number of halogens is 1. The molecule has 0 amide bonds. The molecule has 8 heteroatoms.